The quantitative estimate of drug-likeness (QED) is 0.359. The lowest BCUT2D eigenvalue weighted by molar-refractivity contribution is 0.340. The van der Waals surface area contributed by atoms with Gasteiger partial charge in [-0.3, -0.25) is 4.99 Å². The molecular formula is C16H28IN3O3S. The molecule has 0 bridgehead atoms. The first-order valence-corrected chi connectivity index (χ1v) is 9.80. The molecule has 1 N–H and O–H groups in total. The minimum absolute atomic E-state index is 0. The monoisotopic (exact) mass is 469 g/mol. The second-order valence-corrected chi connectivity index (χ2v) is 7.56. The van der Waals surface area contributed by atoms with Gasteiger partial charge in [0.05, 0.1) is 18.9 Å². The molecule has 0 saturated carbocycles. The lowest BCUT2D eigenvalue weighted by atomic mass is 10.2. The number of nitrogens with zero attached hydrogens (tertiary/aromatic N) is 2. The fourth-order valence-corrected chi connectivity index (χ4v) is 2.42. The molecule has 1 aromatic carbocycles. The van der Waals surface area contributed by atoms with Crippen molar-refractivity contribution in [3.63, 3.8) is 0 Å². The van der Waals surface area contributed by atoms with Gasteiger partial charge in [0.1, 0.15) is 15.6 Å². The summed E-state index contributed by atoms with van der Waals surface area (Å²) >= 11 is 0. The summed E-state index contributed by atoms with van der Waals surface area (Å²) in [5, 5.41) is 3.18. The van der Waals surface area contributed by atoms with Gasteiger partial charge in [-0.1, -0.05) is 12.1 Å². The highest BCUT2D eigenvalue weighted by Gasteiger charge is 2.08. The van der Waals surface area contributed by atoms with Crippen LogP contribution in [0.5, 0.6) is 5.75 Å². The van der Waals surface area contributed by atoms with Crippen molar-refractivity contribution in [1.29, 1.82) is 0 Å². The maximum absolute atomic E-state index is 11.2. The van der Waals surface area contributed by atoms with Crippen LogP contribution in [0.25, 0.3) is 0 Å². The van der Waals surface area contributed by atoms with E-state index in [-0.39, 0.29) is 36.3 Å². The molecular weight excluding hydrogens is 441 g/mol. The zero-order chi connectivity index (χ0) is 17.3. The highest BCUT2D eigenvalue weighted by Crippen LogP contribution is 2.13. The van der Waals surface area contributed by atoms with Crippen molar-refractivity contribution in [3.8, 4) is 5.75 Å². The molecule has 24 heavy (non-hydrogen) atoms. The van der Waals surface area contributed by atoms with Crippen molar-refractivity contribution >= 4 is 39.8 Å². The first-order valence-electron chi connectivity index (χ1n) is 7.74. The Morgan fingerprint density at radius 1 is 1.25 bits per heavy atom. The van der Waals surface area contributed by atoms with Crippen molar-refractivity contribution in [2.45, 2.75) is 20.4 Å². The third kappa shape index (κ3) is 9.31. The van der Waals surface area contributed by atoms with Gasteiger partial charge < -0.3 is 15.0 Å². The molecule has 138 valence electrons. The van der Waals surface area contributed by atoms with E-state index in [9.17, 15) is 8.42 Å². The summed E-state index contributed by atoms with van der Waals surface area (Å²) < 4.78 is 27.8. The Labute approximate surface area is 162 Å². The summed E-state index contributed by atoms with van der Waals surface area (Å²) in [6.07, 6.45) is 1.22. The zero-order valence-corrected chi connectivity index (χ0v) is 17.9. The van der Waals surface area contributed by atoms with Crippen LogP contribution in [-0.2, 0) is 16.4 Å². The number of benzene rings is 1. The van der Waals surface area contributed by atoms with Crippen molar-refractivity contribution in [3.05, 3.63) is 29.8 Å². The molecule has 6 nitrogen and oxygen atoms in total. The Morgan fingerprint density at radius 3 is 2.38 bits per heavy atom. The smallest absolute Gasteiger partial charge is 0.193 e. The number of halogens is 1. The predicted octanol–water partition coefficient (Wildman–Crippen LogP) is 2.15. The van der Waals surface area contributed by atoms with Gasteiger partial charge >= 0.3 is 0 Å². The van der Waals surface area contributed by atoms with Crippen LogP contribution < -0.4 is 10.1 Å². The largest absolute Gasteiger partial charge is 0.494 e. The van der Waals surface area contributed by atoms with E-state index in [0.717, 1.165) is 17.9 Å². The average molecular weight is 469 g/mol. The molecule has 8 heteroatoms. The maximum Gasteiger partial charge on any atom is 0.193 e. The molecule has 0 aromatic heterocycles. The molecule has 0 fully saturated rings. The van der Waals surface area contributed by atoms with Gasteiger partial charge in [0.2, 0.25) is 0 Å². The number of hydrogen-bond donors (Lipinski definition) is 1. The molecule has 0 heterocycles. The molecule has 0 saturated heterocycles. The van der Waals surface area contributed by atoms with E-state index in [0.29, 0.717) is 19.1 Å². The summed E-state index contributed by atoms with van der Waals surface area (Å²) in [7, 11) is -1.07. The molecule has 1 rings (SSSR count). The minimum Gasteiger partial charge on any atom is -0.494 e. The minimum atomic E-state index is -3.00. The molecule has 0 aliphatic heterocycles. The van der Waals surface area contributed by atoms with Crippen LogP contribution in [0, 0.1) is 0 Å². The number of sulfone groups is 1. The normalized spacial score (nSPS) is 11.6. The number of nitrogens with one attached hydrogen (secondary N) is 1. The van der Waals surface area contributed by atoms with Crippen LogP contribution in [0.3, 0.4) is 0 Å². The van der Waals surface area contributed by atoms with Gasteiger partial charge in [-0.15, -0.1) is 24.0 Å². The molecule has 0 radical (unpaired) electrons. The molecule has 0 amide bonds. The third-order valence-corrected chi connectivity index (χ3v) is 4.00. The second-order valence-electron chi connectivity index (χ2n) is 5.30. The molecule has 0 aliphatic rings. The van der Waals surface area contributed by atoms with Gasteiger partial charge in [-0.05, 0) is 31.5 Å². The van der Waals surface area contributed by atoms with E-state index >= 15 is 0 Å². The Hall–Kier alpha value is -1.03. The van der Waals surface area contributed by atoms with E-state index in [2.05, 4.69) is 10.3 Å². The highest BCUT2D eigenvalue weighted by molar-refractivity contribution is 14.0. The fraction of sp³-hybridized carbons (Fsp3) is 0.562. The Balaban J connectivity index is 0.00000529. The van der Waals surface area contributed by atoms with Crippen molar-refractivity contribution in [1.82, 2.24) is 10.2 Å². The topological polar surface area (TPSA) is 71.0 Å². The first-order chi connectivity index (χ1) is 10.9. The van der Waals surface area contributed by atoms with Crippen LogP contribution >= 0.6 is 24.0 Å². The Bertz CT molecular complexity index is 603. The van der Waals surface area contributed by atoms with Gasteiger partial charge in [-0.25, -0.2) is 8.42 Å². The second kappa shape index (κ2) is 11.5. The van der Waals surface area contributed by atoms with Crippen molar-refractivity contribution in [2.75, 3.05) is 38.8 Å². The standard InChI is InChI=1S/C16H27N3O3S.HI/c1-5-17-16(18-11-12-23(4,20)21)19(3)13-14-7-9-15(10-8-14)22-6-2;/h7-10H,5-6,11-13H2,1-4H3,(H,17,18);1H. The summed E-state index contributed by atoms with van der Waals surface area (Å²) in [5.41, 5.74) is 1.13. The maximum atomic E-state index is 11.2. The van der Waals surface area contributed by atoms with Crippen LogP contribution in [0.15, 0.2) is 29.3 Å². The first kappa shape index (κ1) is 23.0. The van der Waals surface area contributed by atoms with Crippen LogP contribution in [0.4, 0.5) is 0 Å². The Morgan fingerprint density at radius 2 is 1.88 bits per heavy atom. The van der Waals surface area contributed by atoms with E-state index < -0.39 is 9.84 Å². The van der Waals surface area contributed by atoms with Gasteiger partial charge in [0.15, 0.2) is 5.96 Å². The Kier molecular flexibility index (Phi) is 11.0. The van der Waals surface area contributed by atoms with Crippen LogP contribution in [-0.4, -0.2) is 58.0 Å². The SMILES string of the molecule is CCNC(=NCCS(C)(=O)=O)N(C)Cc1ccc(OCC)cc1.I. The summed E-state index contributed by atoms with van der Waals surface area (Å²) in [6, 6.07) is 7.92. The number of guanidine groups is 1. The molecule has 1 aromatic rings. The van der Waals surface area contributed by atoms with Crippen LogP contribution in [0.2, 0.25) is 0 Å². The van der Waals surface area contributed by atoms with E-state index in [1.165, 1.54) is 6.26 Å². The van der Waals surface area contributed by atoms with Crippen molar-refractivity contribution in [2.24, 2.45) is 4.99 Å². The van der Waals surface area contributed by atoms with E-state index in [1.54, 1.807) is 0 Å². The van der Waals surface area contributed by atoms with Crippen molar-refractivity contribution < 1.29 is 13.2 Å². The number of ether oxygens (including phenoxy) is 1. The third-order valence-electron chi connectivity index (χ3n) is 3.07. The van der Waals surface area contributed by atoms with Gasteiger partial charge in [0.25, 0.3) is 0 Å². The summed E-state index contributed by atoms with van der Waals surface area (Å²) in [4.78, 5) is 6.34. The predicted molar refractivity (Wildman–Crippen MR) is 110 cm³/mol. The number of aliphatic imine (C=N–C) groups is 1. The molecule has 0 atom stereocenters. The van der Waals surface area contributed by atoms with Crippen LogP contribution in [0.1, 0.15) is 19.4 Å². The summed E-state index contributed by atoms with van der Waals surface area (Å²) in [6.45, 7) is 6.25. The molecule has 0 aliphatic carbocycles. The lowest BCUT2D eigenvalue weighted by Crippen LogP contribution is -2.38. The van der Waals surface area contributed by atoms with E-state index in [1.807, 2.05) is 50.1 Å². The highest BCUT2D eigenvalue weighted by atomic mass is 127. The number of rotatable bonds is 8. The molecule has 0 unspecified atom stereocenters. The van der Waals surface area contributed by atoms with Gasteiger partial charge in [0, 0.05) is 26.4 Å². The lowest BCUT2D eigenvalue weighted by Gasteiger charge is -2.22. The zero-order valence-electron chi connectivity index (χ0n) is 14.8. The average Bonchev–Trinajstić information content (AvgIpc) is 2.47. The van der Waals surface area contributed by atoms with E-state index in [4.69, 9.17) is 4.74 Å². The van der Waals surface area contributed by atoms with Gasteiger partial charge in [-0.2, -0.15) is 0 Å². The number of hydrogen-bond acceptors (Lipinski definition) is 4. The summed E-state index contributed by atoms with van der Waals surface area (Å²) in [5.74, 6) is 1.61. The fourth-order valence-electron chi connectivity index (χ4n) is 1.99. The molecule has 0 spiro atoms.